The van der Waals surface area contributed by atoms with Crippen molar-refractivity contribution >= 4 is 21.6 Å². The van der Waals surface area contributed by atoms with Gasteiger partial charge in [0.1, 0.15) is 17.2 Å². The van der Waals surface area contributed by atoms with E-state index in [4.69, 9.17) is 9.47 Å². The number of nitrogens with one attached hydrogen (secondary N) is 1. The van der Waals surface area contributed by atoms with E-state index in [9.17, 15) is 13.2 Å². The number of amides is 1. The van der Waals surface area contributed by atoms with E-state index in [2.05, 4.69) is 10.3 Å². The summed E-state index contributed by atoms with van der Waals surface area (Å²) in [7, 11) is 0.778. The van der Waals surface area contributed by atoms with Gasteiger partial charge in [0.2, 0.25) is 15.9 Å². The van der Waals surface area contributed by atoms with Gasteiger partial charge in [0, 0.05) is 25.9 Å². The van der Waals surface area contributed by atoms with Gasteiger partial charge in [0.05, 0.1) is 12.0 Å². The van der Waals surface area contributed by atoms with E-state index in [1.54, 1.807) is 49.7 Å². The lowest BCUT2D eigenvalue weighted by Gasteiger charge is -2.13. The minimum atomic E-state index is -3.65. The first-order valence-corrected chi connectivity index (χ1v) is 10.4. The number of carbonyl (C=O) groups is 1. The number of anilines is 1. The van der Waals surface area contributed by atoms with Crippen molar-refractivity contribution in [3.63, 3.8) is 0 Å². The number of pyridine rings is 1. The Hall–Kier alpha value is -3.43. The molecule has 0 unspecified atom stereocenters. The predicted molar refractivity (Wildman–Crippen MR) is 113 cm³/mol. The van der Waals surface area contributed by atoms with Crippen molar-refractivity contribution in [1.29, 1.82) is 0 Å². The third-order valence-electron chi connectivity index (χ3n) is 4.17. The molecule has 3 rings (SSSR count). The summed E-state index contributed by atoms with van der Waals surface area (Å²) in [6.07, 6.45) is 1.54. The third-order valence-corrected chi connectivity index (χ3v) is 5.98. The molecule has 0 aliphatic rings. The average Bonchev–Trinajstić information content (AvgIpc) is 2.75. The van der Waals surface area contributed by atoms with Gasteiger partial charge in [-0.25, -0.2) is 17.7 Å². The fourth-order valence-electron chi connectivity index (χ4n) is 2.53. The van der Waals surface area contributed by atoms with Crippen molar-refractivity contribution in [3.05, 3.63) is 72.4 Å². The van der Waals surface area contributed by atoms with E-state index >= 15 is 0 Å². The second kappa shape index (κ2) is 8.93. The van der Waals surface area contributed by atoms with Gasteiger partial charge in [0.25, 0.3) is 5.91 Å². The van der Waals surface area contributed by atoms with Gasteiger partial charge in [-0.2, -0.15) is 0 Å². The molecule has 0 spiro atoms. The van der Waals surface area contributed by atoms with Crippen molar-refractivity contribution < 1.29 is 22.7 Å². The summed E-state index contributed by atoms with van der Waals surface area (Å²) < 4.78 is 36.6. The molecule has 30 heavy (non-hydrogen) atoms. The predicted octanol–water partition coefficient (Wildman–Crippen LogP) is 3.39. The van der Waals surface area contributed by atoms with Gasteiger partial charge in [-0.05, 0) is 54.6 Å². The maximum atomic E-state index is 12.7. The van der Waals surface area contributed by atoms with Crippen molar-refractivity contribution in [2.24, 2.45) is 0 Å². The molecule has 8 nitrogen and oxygen atoms in total. The molecular weight excluding hydrogens is 406 g/mol. The van der Waals surface area contributed by atoms with Crippen LogP contribution in [0.5, 0.6) is 17.4 Å². The Bertz CT molecular complexity index is 1150. The van der Waals surface area contributed by atoms with Crippen LogP contribution in [0.3, 0.4) is 0 Å². The van der Waals surface area contributed by atoms with Gasteiger partial charge < -0.3 is 14.8 Å². The Morgan fingerprint density at radius 2 is 1.70 bits per heavy atom. The Kier molecular flexibility index (Phi) is 6.34. The third kappa shape index (κ3) is 4.76. The Balaban J connectivity index is 1.82. The van der Waals surface area contributed by atoms with Gasteiger partial charge >= 0.3 is 0 Å². The topological polar surface area (TPSA) is 97.8 Å². The van der Waals surface area contributed by atoms with Gasteiger partial charge in [-0.15, -0.1) is 0 Å². The molecule has 0 saturated heterocycles. The van der Waals surface area contributed by atoms with Crippen LogP contribution in [0.2, 0.25) is 0 Å². The van der Waals surface area contributed by atoms with Crippen molar-refractivity contribution in [2.75, 3.05) is 26.5 Å². The molecular formula is C21H21N3O5S. The van der Waals surface area contributed by atoms with Gasteiger partial charge in [0.15, 0.2) is 0 Å². The van der Waals surface area contributed by atoms with E-state index in [1.807, 2.05) is 0 Å². The van der Waals surface area contributed by atoms with E-state index in [0.717, 1.165) is 4.31 Å². The first kappa shape index (κ1) is 21.3. The molecule has 2 aromatic carbocycles. The lowest BCUT2D eigenvalue weighted by molar-refractivity contribution is 0.102. The summed E-state index contributed by atoms with van der Waals surface area (Å²) in [5.41, 5.74) is 0.538. The molecule has 1 aromatic heterocycles. The minimum absolute atomic E-state index is 0.0287. The molecule has 1 N–H and O–H groups in total. The summed E-state index contributed by atoms with van der Waals surface area (Å²) in [6, 6.07) is 16.0. The van der Waals surface area contributed by atoms with Crippen molar-refractivity contribution in [3.8, 4) is 17.4 Å². The smallest absolute Gasteiger partial charge is 0.255 e. The Morgan fingerprint density at radius 1 is 1.00 bits per heavy atom. The molecule has 0 saturated carbocycles. The highest BCUT2D eigenvalue weighted by molar-refractivity contribution is 7.89. The number of rotatable bonds is 7. The molecule has 1 amide bonds. The molecule has 0 aliphatic carbocycles. The van der Waals surface area contributed by atoms with Crippen molar-refractivity contribution in [2.45, 2.75) is 4.90 Å². The largest absolute Gasteiger partial charge is 0.497 e. The molecule has 9 heteroatoms. The summed E-state index contributed by atoms with van der Waals surface area (Å²) in [5, 5.41) is 2.72. The number of carbonyl (C=O) groups excluding carboxylic acids is 1. The fraction of sp³-hybridized carbons (Fsp3) is 0.143. The maximum absolute atomic E-state index is 12.7. The second-order valence-corrected chi connectivity index (χ2v) is 8.55. The number of aromatic nitrogens is 1. The summed E-state index contributed by atoms with van der Waals surface area (Å²) >= 11 is 0. The van der Waals surface area contributed by atoms with Gasteiger partial charge in [-0.3, -0.25) is 4.79 Å². The van der Waals surface area contributed by atoms with E-state index in [1.165, 1.54) is 38.4 Å². The first-order valence-electron chi connectivity index (χ1n) is 8.92. The number of hydrogen-bond acceptors (Lipinski definition) is 6. The highest BCUT2D eigenvalue weighted by Crippen LogP contribution is 2.28. The van der Waals surface area contributed by atoms with Crippen molar-refractivity contribution in [1.82, 2.24) is 9.29 Å². The highest BCUT2D eigenvalue weighted by atomic mass is 32.2. The van der Waals surface area contributed by atoms with E-state index in [0.29, 0.717) is 17.2 Å². The van der Waals surface area contributed by atoms with E-state index < -0.39 is 15.9 Å². The Labute approximate surface area is 175 Å². The fourth-order valence-corrected chi connectivity index (χ4v) is 3.47. The molecule has 0 atom stereocenters. The normalized spacial score (nSPS) is 11.2. The van der Waals surface area contributed by atoms with Crippen LogP contribution in [0.4, 0.5) is 5.69 Å². The summed E-state index contributed by atoms with van der Waals surface area (Å²) in [6.45, 7) is 0. The van der Waals surface area contributed by atoms with Crippen LogP contribution in [0.15, 0.2) is 71.8 Å². The zero-order valence-corrected chi connectivity index (χ0v) is 17.5. The number of ether oxygens (including phenoxy) is 2. The number of hydrogen-bond donors (Lipinski definition) is 1. The number of sulfonamides is 1. The summed E-state index contributed by atoms with van der Waals surface area (Å²) in [4.78, 5) is 16.9. The maximum Gasteiger partial charge on any atom is 0.255 e. The lowest BCUT2D eigenvalue weighted by atomic mass is 10.2. The van der Waals surface area contributed by atoms with E-state index in [-0.39, 0.29) is 16.3 Å². The Morgan fingerprint density at radius 3 is 2.37 bits per heavy atom. The first-order chi connectivity index (χ1) is 14.3. The molecule has 156 valence electrons. The number of benzene rings is 2. The van der Waals surface area contributed by atoms with Crippen LogP contribution in [-0.2, 0) is 10.0 Å². The molecule has 0 aliphatic heterocycles. The molecule has 1 heterocycles. The lowest BCUT2D eigenvalue weighted by Crippen LogP contribution is -2.22. The monoisotopic (exact) mass is 427 g/mol. The molecule has 0 radical (unpaired) electrons. The van der Waals surface area contributed by atoms with Crippen LogP contribution >= 0.6 is 0 Å². The zero-order chi connectivity index (χ0) is 21.7. The zero-order valence-electron chi connectivity index (χ0n) is 16.7. The number of methoxy groups -OCH3 is 1. The summed E-state index contributed by atoms with van der Waals surface area (Å²) in [5.74, 6) is 0.917. The van der Waals surface area contributed by atoms with Crippen LogP contribution in [0.25, 0.3) is 0 Å². The van der Waals surface area contributed by atoms with Crippen LogP contribution in [-0.4, -0.2) is 44.8 Å². The minimum Gasteiger partial charge on any atom is -0.497 e. The number of nitrogens with zero attached hydrogens (tertiary/aromatic N) is 2. The quantitative estimate of drug-likeness (QED) is 0.621. The van der Waals surface area contributed by atoms with Crippen LogP contribution in [0, 0.1) is 0 Å². The van der Waals surface area contributed by atoms with Crippen LogP contribution in [0.1, 0.15) is 10.4 Å². The SMILES string of the molecule is COc1ccc(Oc2ncccc2NC(=O)c2cccc(S(=O)(=O)N(C)C)c2)cc1. The molecule has 3 aromatic rings. The molecule has 0 bridgehead atoms. The second-order valence-electron chi connectivity index (χ2n) is 6.40. The standard InChI is InChI=1S/C21H21N3O5S/c1-24(2)30(26,27)18-7-4-6-15(14-18)20(25)23-19-8-5-13-22-21(19)29-17-11-9-16(28-3)10-12-17/h4-14H,1-3H3,(H,23,25). The van der Waals surface area contributed by atoms with Crippen LogP contribution < -0.4 is 14.8 Å². The van der Waals surface area contributed by atoms with Gasteiger partial charge in [-0.1, -0.05) is 6.07 Å². The highest BCUT2D eigenvalue weighted by Gasteiger charge is 2.19. The molecule has 0 fully saturated rings. The average molecular weight is 427 g/mol.